The van der Waals surface area contributed by atoms with E-state index in [1.54, 1.807) is 24.3 Å². The SMILES string of the molecule is O=C(O)c1cccc(-c2ccc(CNC(=O)c3scnc3OC3=COC(Cc4ccccc4)O3)c(F)c2)c1. The third-order valence-electron chi connectivity index (χ3n) is 5.68. The lowest BCUT2D eigenvalue weighted by molar-refractivity contribution is -0.0524. The maximum atomic E-state index is 14.8. The minimum atomic E-state index is -1.06. The molecule has 4 aromatic rings. The number of nitrogens with one attached hydrogen (secondary N) is 1. The number of carboxylic acid groups (broad SMARTS) is 1. The van der Waals surface area contributed by atoms with Crippen molar-refractivity contribution in [3.63, 3.8) is 0 Å². The molecule has 192 valence electrons. The molecule has 10 heteroatoms. The van der Waals surface area contributed by atoms with Crippen LogP contribution in [0.15, 0.2) is 90.5 Å². The maximum Gasteiger partial charge on any atom is 0.335 e. The second-order valence-corrected chi connectivity index (χ2v) is 9.13. The number of aromatic nitrogens is 1. The lowest BCUT2D eigenvalue weighted by Gasteiger charge is -2.12. The van der Waals surface area contributed by atoms with Crippen molar-refractivity contribution in [3.8, 4) is 17.0 Å². The Bertz CT molecular complexity index is 1500. The van der Waals surface area contributed by atoms with Crippen molar-refractivity contribution < 1.29 is 33.3 Å². The number of hydrogen-bond donors (Lipinski definition) is 2. The van der Waals surface area contributed by atoms with Gasteiger partial charge in [0.05, 0.1) is 11.1 Å². The van der Waals surface area contributed by atoms with E-state index in [0.29, 0.717) is 17.5 Å². The van der Waals surface area contributed by atoms with Crippen LogP contribution in [0.5, 0.6) is 5.88 Å². The summed E-state index contributed by atoms with van der Waals surface area (Å²) >= 11 is 1.07. The number of rotatable bonds is 9. The Morgan fingerprint density at radius 3 is 2.66 bits per heavy atom. The van der Waals surface area contributed by atoms with Gasteiger partial charge in [-0.1, -0.05) is 54.6 Å². The molecule has 1 unspecified atom stereocenters. The number of carboxylic acids is 1. The average molecular weight is 533 g/mol. The largest absolute Gasteiger partial charge is 0.478 e. The fourth-order valence-electron chi connectivity index (χ4n) is 3.77. The van der Waals surface area contributed by atoms with Crippen LogP contribution in [0.1, 0.15) is 31.2 Å². The van der Waals surface area contributed by atoms with Crippen molar-refractivity contribution in [1.29, 1.82) is 0 Å². The highest BCUT2D eigenvalue weighted by Crippen LogP contribution is 2.27. The van der Waals surface area contributed by atoms with E-state index in [2.05, 4.69) is 10.3 Å². The molecule has 0 aliphatic carbocycles. The van der Waals surface area contributed by atoms with Gasteiger partial charge in [0.25, 0.3) is 5.91 Å². The molecule has 0 radical (unpaired) electrons. The Labute approximate surface area is 220 Å². The summed E-state index contributed by atoms with van der Waals surface area (Å²) in [6.45, 7) is -0.0705. The Balaban J connectivity index is 1.18. The summed E-state index contributed by atoms with van der Waals surface area (Å²) in [6, 6.07) is 20.5. The van der Waals surface area contributed by atoms with Gasteiger partial charge in [0, 0.05) is 18.5 Å². The standard InChI is InChI=1S/C28H21FN2O6S/c29-22-13-19(18-7-4-8-20(12-18)28(33)34)9-10-21(22)14-30-26(32)25-27(31-16-38-25)37-24-15-35-23(36-24)11-17-5-2-1-3-6-17/h1-10,12-13,15-16,23H,11,14H2,(H,30,32)(H,33,34). The first kappa shape index (κ1) is 25.0. The molecule has 5 rings (SSSR count). The fraction of sp³-hybridized carbons (Fsp3) is 0.107. The monoisotopic (exact) mass is 532 g/mol. The summed E-state index contributed by atoms with van der Waals surface area (Å²) in [5.74, 6) is -1.94. The van der Waals surface area contributed by atoms with E-state index >= 15 is 0 Å². The molecular weight excluding hydrogens is 511 g/mol. The minimum Gasteiger partial charge on any atom is -0.478 e. The molecule has 1 aliphatic rings. The Morgan fingerprint density at radius 2 is 1.87 bits per heavy atom. The second kappa shape index (κ2) is 11.1. The van der Waals surface area contributed by atoms with E-state index < -0.39 is 24.0 Å². The molecule has 0 saturated heterocycles. The van der Waals surface area contributed by atoms with Crippen LogP contribution < -0.4 is 10.1 Å². The molecule has 2 heterocycles. The van der Waals surface area contributed by atoms with E-state index in [0.717, 1.165) is 16.9 Å². The van der Waals surface area contributed by atoms with Crippen LogP contribution in [-0.4, -0.2) is 28.3 Å². The van der Waals surface area contributed by atoms with Gasteiger partial charge in [-0.3, -0.25) is 4.79 Å². The summed E-state index contributed by atoms with van der Waals surface area (Å²) in [5.41, 5.74) is 3.97. The highest BCUT2D eigenvalue weighted by molar-refractivity contribution is 7.12. The van der Waals surface area contributed by atoms with Crippen molar-refractivity contribution in [2.24, 2.45) is 0 Å². The molecule has 1 atom stereocenters. The molecule has 1 aromatic heterocycles. The molecule has 2 N–H and O–H groups in total. The number of carbonyl (C=O) groups is 2. The summed E-state index contributed by atoms with van der Waals surface area (Å²) in [6.07, 6.45) is 1.29. The van der Waals surface area contributed by atoms with Gasteiger partial charge in [0.2, 0.25) is 12.2 Å². The second-order valence-electron chi connectivity index (χ2n) is 8.27. The van der Waals surface area contributed by atoms with Gasteiger partial charge in [0.1, 0.15) is 5.82 Å². The van der Waals surface area contributed by atoms with Crippen molar-refractivity contribution >= 4 is 23.2 Å². The van der Waals surface area contributed by atoms with E-state index in [4.69, 9.17) is 14.2 Å². The molecule has 0 saturated carbocycles. The van der Waals surface area contributed by atoms with Crippen molar-refractivity contribution in [3.05, 3.63) is 118 Å². The van der Waals surface area contributed by atoms with E-state index in [-0.39, 0.29) is 34.4 Å². The molecular formula is C28H21FN2O6S. The zero-order valence-electron chi connectivity index (χ0n) is 19.8. The van der Waals surface area contributed by atoms with E-state index in [1.807, 2.05) is 30.3 Å². The lowest BCUT2D eigenvalue weighted by atomic mass is 10.0. The highest BCUT2D eigenvalue weighted by Gasteiger charge is 2.25. The first-order valence-corrected chi connectivity index (χ1v) is 12.4. The Morgan fingerprint density at radius 1 is 1.05 bits per heavy atom. The van der Waals surface area contributed by atoms with Crippen LogP contribution in [-0.2, 0) is 22.4 Å². The molecule has 8 nitrogen and oxygen atoms in total. The van der Waals surface area contributed by atoms with Crippen LogP contribution in [0.4, 0.5) is 4.39 Å². The van der Waals surface area contributed by atoms with Gasteiger partial charge in [-0.05, 0) is 34.9 Å². The number of halogens is 1. The first-order chi connectivity index (χ1) is 18.5. The van der Waals surface area contributed by atoms with Crippen LogP contribution in [0, 0.1) is 5.82 Å². The number of aromatic carboxylic acids is 1. The number of amides is 1. The van der Waals surface area contributed by atoms with Crippen LogP contribution in [0.2, 0.25) is 0 Å². The first-order valence-electron chi connectivity index (χ1n) is 11.5. The summed E-state index contributed by atoms with van der Waals surface area (Å²) in [5, 5.41) is 11.9. The summed E-state index contributed by atoms with van der Waals surface area (Å²) in [7, 11) is 0. The quantitative estimate of drug-likeness (QED) is 0.298. The summed E-state index contributed by atoms with van der Waals surface area (Å²) < 4.78 is 31.6. The zero-order valence-corrected chi connectivity index (χ0v) is 20.6. The fourth-order valence-corrected chi connectivity index (χ4v) is 4.40. The van der Waals surface area contributed by atoms with E-state index in [1.165, 1.54) is 30.0 Å². The molecule has 0 fully saturated rings. The topological polar surface area (TPSA) is 107 Å². The van der Waals surface area contributed by atoms with Crippen LogP contribution in [0.25, 0.3) is 11.1 Å². The number of carbonyl (C=O) groups excluding carboxylic acids is 1. The number of thiazole rings is 1. The highest BCUT2D eigenvalue weighted by atomic mass is 32.1. The third-order valence-corrected chi connectivity index (χ3v) is 6.49. The van der Waals surface area contributed by atoms with Gasteiger partial charge in [-0.25, -0.2) is 14.2 Å². The van der Waals surface area contributed by atoms with Gasteiger partial charge >= 0.3 is 11.9 Å². The Kier molecular flexibility index (Phi) is 7.32. The zero-order chi connectivity index (χ0) is 26.5. The molecule has 0 spiro atoms. The number of ether oxygens (including phenoxy) is 3. The van der Waals surface area contributed by atoms with Gasteiger partial charge in [-0.15, -0.1) is 11.3 Å². The number of benzene rings is 3. The average Bonchev–Trinajstić information content (AvgIpc) is 3.58. The van der Waals surface area contributed by atoms with Gasteiger partial charge < -0.3 is 24.6 Å². The van der Waals surface area contributed by atoms with E-state index in [9.17, 15) is 19.1 Å². The predicted molar refractivity (Wildman–Crippen MR) is 137 cm³/mol. The van der Waals surface area contributed by atoms with Crippen molar-refractivity contribution in [2.75, 3.05) is 0 Å². The van der Waals surface area contributed by atoms with Crippen LogP contribution in [0.3, 0.4) is 0 Å². The number of nitrogens with zero attached hydrogens (tertiary/aromatic N) is 1. The minimum absolute atomic E-state index is 0.0526. The van der Waals surface area contributed by atoms with Crippen LogP contribution >= 0.6 is 11.3 Å². The van der Waals surface area contributed by atoms with Crippen molar-refractivity contribution in [2.45, 2.75) is 19.3 Å². The Hall–Kier alpha value is -4.70. The van der Waals surface area contributed by atoms with Gasteiger partial charge in [-0.2, -0.15) is 0 Å². The normalized spacial score (nSPS) is 14.2. The van der Waals surface area contributed by atoms with Gasteiger partial charge in [0.15, 0.2) is 11.1 Å². The summed E-state index contributed by atoms with van der Waals surface area (Å²) in [4.78, 5) is 28.3. The number of hydrogen-bond acceptors (Lipinski definition) is 7. The maximum absolute atomic E-state index is 14.8. The molecule has 3 aromatic carbocycles. The predicted octanol–water partition coefficient (Wildman–Crippen LogP) is 5.37. The molecule has 1 aliphatic heterocycles. The molecule has 0 bridgehead atoms. The lowest BCUT2D eigenvalue weighted by Crippen LogP contribution is -2.23. The smallest absolute Gasteiger partial charge is 0.335 e. The third kappa shape index (κ3) is 5.81. The van der Waals surface area contributed by atoms with Crippen molar-refractivity contribution in [1.82, 2.24) is 10.3 Å². The molecule has 1 amide bonds. The molecule has 38 heavy (non-hydrogen) atoms.